The molecule has 0 bridgehead atoms. The number of benzene rings is 3. The molecule has 0 heterocycles. The van der Waals surface area contributed by atoms with E-state index < -0.39 is 37.7 Å². The van der Waals surface area contributed by atoms with Gasteiger partial charge in [0.1, 0.15) is 17.8 Å². The van der Waals surface area contributed by atoms with Crippen LogP contribution in [0.1, 0.15) is 31.0 Å². The second-order valence-corrected chi connectivity index (χ2v) is 12.7. The van der Waals surface area contributed by atoms with Crippen molar-refractivity contribution in [3.05, 3.63) is 77.9 Å². The van der Waals surface area contributed by atoms with Crippen LogP contribution in [0.3, 0.4) is 0 Å². The van der Waals surface area contributed by atoms with Gasteiger partial charge in [0.25, 0.3) is 15.9 Å². The number of nitrogens with one attached hydrogen (secondary N) is 4. The quantitative estimate of drug-likeness (QED) is 0.135. The Labute approximate surface area is 239 Å². The number of anilines is 2. The van der Waals surface area contributed by atoms with Crippen LogP contribution in [0.25, 0.3) is 0 Å². The molecular weight excluding hydrogens is 570 g/mol. The molecule has 3 aromatic carbocycles. The molecule has 0 aromatic heterocycles. The molecule has 12 nitrogen and oxygen atoms in total. The van der Waals surface area contributed by atoms with Crippen molar-refractivity contribution >= 4 is 43.0 Å². The molecule has 3 aromatic rings. The fourth-order valence-corrected chi connectivity index (χ4v) is 5.19. The number of amides is 1. The summed E-state index contributed by atoms with van der Waals surface area (Å²) in [5, 5.41) is 13.5. The lowest BCUT2D eigenvalue weighted by molar-refractivity contribution is -0.120. The van der Waals surface area contributed by atoms with E-state index in [1.807, 2.05) is 0 Å². The topological polar surface area (TPSA) is 190 Å². The average molecular weight is 604 g/mol. The third kappa shape index (κ3) is 8.59. The van der Waals surface area contributed by atoms with Gasteiger partial charge in [-0.05, 0) is 56.3 Å². The van der Waals surface area contributed by atoms with Crippen molar-refractivity contribution in [1.29, 1.82) is 5.41 Å². The van der Waals surface area contributed by atoms with E-state index in [4.69, 9.17) is 20.6 Å². The monoisotopic (exact) mass is 603 g/mol. The Bertz CT molecular complexity index is 1590. The van der Waals surface area contributed by atoms with E-state index in [0.717, 1.165) is 6.26 Å². The maximum atomic E-state index is 13.7. The van der Waals surface area contributed by atoms with Crippen LogP contribution in [0.15, 0.2) is 71.6 Å². The van der Waals surface area contributed by atoms with Crippen LogP contribution in [0.2, 0.25) is 0 Å². The normalized spacial score (nSPS) is 12.2. The number of sulfonamides is 1. The number of rotatable bonds is 14. The van der Waals surface area contributed by atoms with Gasteiger partial charge in [-0.25, -0.2) is 21.6 Å². The first kappa shape index (κ1) is 31.2. The summed E-state index contributed by atoms with van der Waals surface area (Å²) in [6, 6.07) is 15.3. The van der Waals surface area contributed by atoms with Crippen molar-refractivity contribution in [2.45, 2.75) is 24.8 Å². The Morgan fingerprint density at radius 3 is 2.05 bits per heavy atom. The highest BCUT2D eigenvalue weighted by molar-refractivity contribution is 7.90. The highest BCUT2D eigenvalue weighted by Crippen LogP contribution is 2.38. The Kier molecular flexibility index (Phi) is 10.2. The predicted molar refractivity (Wildman–Crippen MR) is 158 cm³/mol. The van der Waals surface area contributed by atoms with Gasteiger partial charge in [-0.3, -0.25) is 10.2 Å². The molecule has 0 fully saturated rings. The van der Waals surface area contributed by atoms with E-state index >= 15 is 0 Å². The molecule has 0 aliphatic heterocycles. The zero-order chi connectivity index (χ0) is 30.2. The van der Waals surface area contributed by atoms with Crippen LogP contribution in [-0.2, 0) is 24.7 Å². The number of hydrogen-bond acceptors (Lipinski definition) is 10. The van der Waals surface area contributed by atoms with Gasteiger partial charge in [0.15, 0.2) is 21.3 Å². The Morgan fingerprint density at radius 2 is 1.51 bits per heavy atom. The minimum atomic E-state index is -4.26. The molecule has 1 atom stereocenters. The van der Waals surface area contributed by atoms with Crippen LogP contribution >= 0.6 is 0 Å². The largest absolute Gasteiger partial charge is 0.490 e. The first-order valence-corrected chi connectivity index (χ1v) is 16.1. The van der Waals surface area contributed by atoms with Crippen molar-refractivity contribution in [3.8, 4) is 11.5 Å². The summed E-state index contributed by atoms with van der Waals surface area (Å²) in [5.41, 5.74) is 6.78. The van der Waals surface area contributed by atoms with Gasteiger partial charge in [0.2, 0.25) is 0 Å². The van der Waals surface area contributed by atoms with Crippen LogP contribution in [0.5, 0.6) is 11.5 Å². The zero-order valence-corrected chi connectivity index (χ0v) is 24.4. The average Bonchev–Trinajstić information content (AvgIpc) is 2.92. The van der Waals surface area contributed by atoms with E-state index in [9.17, 15) is 21.6 Å². The molecule has 3 rings (SSSR count). The third-order valence-electron chi connectivity index (χ3n) is 5.61. The van der Waals surface area contributed by atoms with Gasteiger partial charge in [-0.1, -0.05) is 18.2 Å². The highest BCUT2D eigenvalue weighted by atomic mass is 32.2. The van der Waals surface area contributed by atoms with Crippen molar-refractivity contribution in [2.24, 2.45) is 5.73 Å². The number of nitrogens with two attached hydrogens (primary N) is 1. The van der Waals surface area contributed by atoms with Crippen molar-refractivity contribution in [3.63, 3.8) is 0 Å². The van der Waals surface area contributed by atoms with Gasteiger partial charge in [0, 0.05) is 34.8 Å². The molecule has 0 radical (unpaired) electrons. The number of carbonyl (C=O) groups is 1. The molecule has 0 saturated heterocycles. The maximum absolute atomic E-state index is 13.7. The molecule has 0 spiro atoms. The Balaban J connectivity index is 2.16. The number of ether oxygens (including phenoxy) is 2. The van der Waals surface area contributed by atoms with Crippen molar-refractivity contribution in [1.82, 2.24) is 4.72 Å². The number of nitrogen functional groups attached to an aromatic ring is 1. The summed E-state index contributed by atoms with van der Waals surface area (Å²) < 4.78 is 63.7. The van der Waals surface area contributed by atoms with Crippen LogP contribution in [0, 0.1) is 5.41 Å². The summed E-state index contributed by atoms with van der Waals surface area (Å²) in [6.45, 7) is 4.07. The summed E-state index contributed by atoms with van der Waals surface area (Å²) in [5.74, 6) is -0.995. The minimum Gasteiger partial charge on any atom is -0.490 e. The molecule has 220 valence electrons. The van der Waals surface area contributed by atoms with Gasteiger partial charge < -0.3 is 25.8 Å². The van der Waals surface area contributed by atoms with E-state index in [-0.39, 0.29) is 40.9 Å². The van der Waals surface area contributed by atoms with Gasteiger partial charge >= 0.3 is 0 Å². The van der Waals surface area contributed by atoms with Crippen LogP contribution < -0.4 is 30.6 Å². The lowest BCUT2D eigenvalue weighted by atomic mass is 10.0. The smallest absolute Gasteiger partial charge is 0.264 e. The summed E-state index contributed by atoms with van der Waals surface area (Å²) in [6.07, 6.45) is 1.04. The fourth-order valence-electron chi connectivity index (χ4n) is 3.76. The van der Waals surface area contributed by atoms with Crippen LogP contribution in [-0.4, -0.2) is 53.9 Å². The van der Waals surface area contributed by atoms with Crippen LogP contribution in [0.4, 0.5) is 11.4 Å². The molecule has 0 aliphatic rings. The summed E-state index contributed by atoms with van der Waals surface area (Å²) in [4.78, 5) is 13.6. The minimum absolute atomic E-state index is 0.116. The molecule has 1 unspecified atom stereocenters. The van der Waals surface area contributed by atoms with E-state index in [1.54, 1.807) is 44.2 Å². The molecule has 0 aliphatic carbocycles. The van der Waals surface area contributed by atoms with E-state index in [2.05, 4.69) is 15.4 Å². The lowest BCUT2D eigenvalue weighted by Gasteiger charge is -2.25. The predicted octanol–water partition coefficient (Wildman–Crippen LogP) is 2.84. The Morgan fingerprint density at radius 1 is 0.927 bits per heavy atom. The number of amidine groups is 1. The van der Waals surface area contributed by atoms with Crippen molar-refractivity contribution < 1.29 is 31.1 Å². The molecule has 1 amide bonds. The van der Waals surface area contributed by atoms with Gasteiger partial charge in [-0.15, -0.1) is 0 Å². The number of hydrogen-bond donors (Lipinski definition) is 5. The molecular formula is C27H33N5O7S2. The maximum Gasteiger partial charge on any atom is 0.264 e. The fraction of sp³-hybridized carbons (Fsp3) is 0.259. The number of carbonyl (C=O) groups excluding carboxylic acids is 1. The summed E-state index contributed by atoms with van der Waals surface area (Å²) >= 11 is 0. The molecule has 6 N–H and O–H groups in total. The van der Waals surface area contributed by atoms with E-state index in [0.29, 0.717) is 17.0 Å². The van der Waals surface area contributed by atoms with Gasteiger partial charge in [0.05, 0.1) is 18.1 Å². The lowest BCUT2D eigenvalue weighted by Crippen LogP contribution is -2.38. The first-order valence-electron chi connectivity index (χ1n) is 12.5. The van der Waals surface area contributed by atoms with E-state index in [1.165, 1.54) is 36.4 Å². The summed E-state index contributed by atoms with van der Waals surface area (Å²) in [7, 11) is -7.76. The molecule has 41 heavy (non-hydrogen) atoms. The molecule has 14 heteroatoms. The number of sulfone groups is 1. The molecule has 0 saturated carbocycles. The second-order valence-electron chi connectivity index (χ2n) is 8.85. The second kappa shape index (κ2) is 13.4. The third-order valence-corrected chi connectivity index (χ3v) is 7.64. The van der Waals surface area contributed by atoms with Gasteiger partial charge in [-0.2, -0.15) is 0 Å². The highest BCUT2D eigenvalue weighted by Gasteiger charge is 2.30. The SMILES string of the molecule is CCOc1cc(NCS(C)(=O)=O)c(C(Nc2ccc(C(=N)N)cc2)C(=O)NS(=O)(=O)c2ccccc2)cc1OCC. The zero-order valence-electron chi connectivity index (χ0n) is 22.8. The van der Waals surface area contributed by atoms with Crippen molar-refractivity contribution in [2.75, 3.05) is 36.0 Å². The standard InChI is InChI=1S/C27H33N5O7S2/c1-4-38-23-15-21(22(16-24(23)39-5-2)30-17-40(3,34)35)25(31-19-13-11-18(12-14-19)26(28)29)27(33)32-41(36,37)20-9-7-6-8-10-20/h6-16,25,30-31H,4-5,17H2,1-3H3,(H3,28,29)(H,32,33). The Hall–Kier alpha value is -4.30. The first-order chi connectivity index (χ1) is 19.3.